The van der Waals surface area contributed by atoms with Gasteiger partial charge in [-0.2, -0.15) is 0 Å². The van der Waals surface area contributed by atoms with Crippen LogP contribution in [0.2, 0.25) is 0 Å². The van der Waals surface area contributed by atoms with Crippen LogP contribution in [0.1, 0.15) is 25.0 Å². The second-order valence-corrected chi connectivity index (χ2v) is 19.7. The number of benzene rings is 10. The molecular weight excluding hydrogens is 863 g/mol. The number of aromatic nitrogens is 3. The molecule has 0 bridgehead atoms. The van der Waals surface area contributed by atoms with Gasteiger partial charge >= 0.3 is 0 Å². The van der Waals surface area contributed by atoms with Gasteiger partial charge in [-0.3, -0.25) is 0 Å². The lowest BCUT2D eigenvalue weighted by molar-refractivity contribution is 0.660. The molecule has 0 spiro atoms. The van der Waals surface area contributed by atoms with Gasteiger partial charge in [0.2, 0.25) is 0 Å². The molecule has 1 aliphatic carbocycles. The molecule has 14 aromatic rings. The minimum absolute atomic E-state index is 0.156. The first kappa shape index (κ1) is 39.8. The lowest BCUT2D eigenvalue weighted by Gasteiger charge is -2.21. The molecule has 4 heteroatoms. The largest absolute Gasteiger partial charge is 0.455 e. The van der Waals surface area contributed by atoms with Crippen molar-refractivity contribution in [2.24, 2.45) is 0 Å². The lowest BCUT2D eigenvalue weighted by Crippen LogP contribution is -2.14. The second kappa shape index (κ2) is 14.9. The van der Waals surface area contributed by atoms with E-state index in [0.29, 0.717) is 0 Å². The summed E-state index contributed by atoms with van der Waals surface area (Å²) in [6.07, 6.45) is 0. The molecule has 0 aliphatic heterocycles. The van der Waals surface area contributed by atoms with Gasteiger partial charge in [-0.05, 0) is 92.5 Å². The Morgan fingerprint density at radius 1 is 0.352 bits per heavy atom. The van der Waals surface area contributed by atoms with E-state index in [2.05, 4.69) is 212 Å². The minimum atomic E-state index is -0.156. The Morgan fingerprint density at radius 2 is 0.859 bits per heavy atom. The van der Waals surface area contributed by atoms with Crippen LogP contribution < -0.4 is 0 Å². The molecule has 71 heavy (non-hydrogen) atoms. The standard InChI is InChI=1S/C67H43N3O/c1-67(2)57-32-28-44(35-55(57)56-36-47(29-33-58(56)67)60-39-59(40-14-5-3-6-15-40)68-66(69-60)41-16-7-4-8-17-41)42-18-11-19-43(34-42)45-26-30-49-52-22-13-23-53-50-31-27-46(38-62(50)70(64(52)53)61(49)37-45)48-21-12-24-54-51-20-9-10-25-63(51)71-65(48)54/h3-39H,1-2H3. The van der Waals surface area contributed by atoms with E-state index in [9.17, 15) is 0 Å². The Balaban J connectivity index is 0.830. The van der Waals surface area contributed by atoms with Crippen molar-refractivity contribution in [3.8, 4) is 78.4 Å². The Labute approximate surface area is 410 Å². The van der Waals surface area contributed by atoms with Crippen LogP contribution in [0.15, 0.2) is 229 Å². The molecule has 0 amide bonds. The smallest absolute Gasteiger partial charge is 0.160 e. The highest BCUT2D eigenvalue weighted by Crippen LogP contribution is 2.51. The fourth-order valence-corrected chi connectivity index (χ4v) is 11.9. The Bertz CT molecular complexity index is 4420. The van der Waals surface area contributed by atoms with Crippen LogP contribution in [0.3, 0.4) is 0 Å². The van der Waals surface area contributed by atoms with Crippen molar-refractivity contribution in [3.05, 3.63) is 236 Å². The highest BCUT2D eigenvalue weighted by molar-refractivity contribution is 6.24. The monoisotopic (exact) mass is 905 g/mol. The van der Waals surface area contributed by atoms with E-state index in [1.54, 1.807) is 0 Å². The fraction of sp³-hybridized carbons (Fsp3) is 0.0448. The van der Waals surface area contributed by atoms with E-state index in [1.807, 2.05) is 30.3 Å². The molecule has 0 fully saturated rings. The van der Waals surface area contributed by atoms with E-state index >= 15 is 0 Å². The molecule has 1 aliphatic rings. The maximum atomic E-state index is 6.53. The number of hydrogen-bond acceptors (Lipinski definition) is 3. The van der Waals surface area contributed by atoms with Crippen molar-refractivity contribution < 1.29 is 4.42 Å². The molecule has 0 saturated carbocycles. The third-order valence-electron chi connectivity index (χ3n) is 15.4. The number of nitrogens with zero attached hydrogens (tertiary/aromatic N) is 3. The molecule has 0 unspecified atom stereocenters. The average molecular weight is 906 g/mol. The Morgan fingerprint density at radius 3 is 1.59 bits per heavy atom. The van der Waals surface area contributed by atoms with Gasteiger partial charge in [0.1, 0.15) is 11.2 Å². The summed E-state index contributed by atoms with van der Waals surface area (Å²) in [6, 6.07) is 81.3. The maximum Gasteiger partial charge on any atom is 0.160 e. The fourth-order valence-electron chi connectivity index (χ4n) is 11.9. The summed E-state index contributed by atoms with van der Waals surface area (Å²) in [4.78, 5) is 10.3. The van der Waals surface area contributed by atoms with Crippen molar-refractivity contribution in [3.63, 3.8) is 0 Å². The molecule has 10 aromatic carbocycles. The van der Waals surface area contributed by atoms with Crippen LogP contribution in [0.4, 0.5) is 0 Å². The topological polar surface area (TPSA) is 43.3 Å². The summed E-state index contributed by atoms with van der Waals surface area (Å²) in [5, 5.41) is 7.32. The summed E-state index contributed by atoms with van der Waals surface area (Å²) in [7, 11) is 0. The third kappa shape index (κ3) is 5.98. The van der Waals surface area contributed by atoms with Gasteiger partial charge in [0.15, 0.2) is 5.82 Å². The van der Waals surface area contributed by atoms with Gasteiger partial charge in [0.05, 0.1) is 27.9 Å². The highest BCUT2D eigenvalue weighted by Gasteiger charge is 2.36. The molecule has 0 atom stereocenters. The van der Waals surface area contributed by atoms with Gasteiger partial charge in [-0.1, -0.05) is 196 Å². The van der Waals surface area contributed by atoms with Crippen molar-refractivity contribution in [1.29, 1.82) is 0 Å². The van der Waals surface area contributed by atoms with Gasteiger partial charge in [0.25, 0.3) is 0 Å². The van der Waals surface area contributed by atoms with Crippen molar-refractivity contribution in [1.82, 2.24) is 14.4 Å². The first-order chi connectivity index (χ1) is 34.9. The number of hydrogen-bond donors (Lipinski definition) is 0. The summed E-state index contributed by atoms with van der Waals surface area (Å²) < 4.78 is 9.02. The van der Waals surface area contributed by atoms with E-state index in [4.69, 9.17) is 14.4 Å². The first-order valence-electron chi connectivity index (χ1n) is 24.5. The van der Waals surface area contributed by atoms with E-state index in [0.717, 1.165) is 67.0 Å². The Hall–Kier alpha value is -9.12. The molecule has 0 radical (unpaired) electrons. The molecule has 4 nitrogen and oxygen atoms in total. The van der Waals surface area contributed by atoms with E-state index in [-0.39, 0.29) is 5.41 Å². The maximum absolute atomic E-state index is 6.53. The zero-order chi connectivity index (χ0) is 47.0. The third-order valence-corrected chi connectivity index (χ3v) is 15.4. The zero-order valence-electron chi connectivity index (χ0n) is 39.1. The summed E-state index contributed by atoms with van der Waals surface area (Å²) in [5.74, 6) is 0.718. The molecule has 0 N–H and O–H groups in total. The average Bonchev–Trinajstić information content (AvgIpc) is 4.15. The van der Waals surface area contributed by atoms with E-state index in [1.165, 1.54) is 82.6 Å². The van der Waals surface area contributed by atoms with Crippen LogP contribution in [0, 0.1) is 0 Å². The molecule has 332 valence electrons. The van der Waals surface area contributed by atoms with Gasteiger partial charge in [0, 0.05) is 60.0 Å². The van der Waals surface area contributed by atoms with Crippen LogP contribution in [0.25, 0.3) is 138 Å². The SMILES string of the molecule is CC1(C)c2ccc(-c3cccc(-c4ccc5c6cccc7c8ccc(-c9cccc%10c9oc9ccccc9%10)cc8n(c5c4)c67)c3)cc2-c2cc(-c3cc(-c4ccccc4)nc(-c4ccccc4)n3)ccc21. The predicted octanol–water partition coefficient (Wildman–Crippen LogP) is 17.8. The lowest BCUT2D eigenvalue weighted by atomic mass is 9.82. The van der Waals surface area contributed by atoms with Gasteiger partial charge in [-0.25, -0.2) is 9.97 Å². The molecule has 0 saturated heterocycles. The molecule has 4 aromatic heterocycles. The number of furan rings is 1. The second-order valence-electron chi connectivity index (χ2n) is 19.7. The van der Waals surface area contributed by atoms with E-state index < -0.39 is 0 Å². The molecule has 4 heterocycles. The first-order valence-corrected chi connectivity index (χ1v) is 24.5. The quantitative estimate of drug-likeness (QED) is 0.167. The Kier molecular flexibility index (Phi) is 8.38. The predicted molar refractivity (Wildman–Crippen MR) is 294 cm³/mol. The molecule has 15 rings (SSSR count). The van der Waals surface area contributed by atoms with Crippen LogP contribution in [-0.4, -0.2) is 14.4 Å². The summed E-state index contributed by atoms with van der Waals surface area (Å²) >= 11 is 0. The van der Waals surface area contributed by atoms with Crippen LogP contribution in [0.5, 0.6) is 0 Å². The minimum Gasteiger partial charge on any atom is -0.455 e. The van der Waals surface area contributed by atoms with Crippen molar-refractivity contribution in [2.75, 3.05) is 0 Å². The van der Waals surface area contributed by atoms with Crippen LogP contribution in [-0.2, 0) is 5.41 Å². The summed E-state index contributed by atoms with van der Waals surface area (Å²) in [5.41, 5.74) is 22.5. The zero-order valence-corrected chi connectivity index (χ0v) is 39.1. The van der Waals surface area contributed by atoms with Crippen LogP contribution >= 0.6 is 0 Å². The number of rotatable bonds is 6. The van der Waals surface area contributed by atoms with Crippen molar-refractivity contribution >= 4 is 60.0 Å². The summed E-state index contributed by atoms with van der Waals surface area (Å²) in [6.45, 7) is 4.69. The normalized spacial score (nSPS) is 13.0. The number of para-hydroxylation sites is 3. The molecular formula is C67H43N3O. The van der Waals surface area contributed by atoms with Crippen molar-refractivity contribution in [2.45, 2.75) is 19.3 Å². The highest BCUT2D eigenvalue weighted by atomic mass is 16.3. The number of fused-ring (bicyclic) bond motifs is 12. The van der Waals surface area contributed by atoms with Gasteiger partial charge in [-0.15, -0.1) is 0 Å². The van der Waals surface area contributed by atoms with Gasteiger partial charge < -0.3 is 8.82 Å².